The van der Waals surface area contributed by atoms with E-state index in [4.69, 9.17) is 23.2 Å². The van der Waals surface area contributed by atoms with Crippen molar-refractivity contribution < 1.29 is 4.21 Å². The predicted molar refractivity (Wildman–Crippen MR) is 78.5 cm³/mol. The highest BCUT2D eigenvalue weighted by molar-refractivity contribution is 7.83. The molecule has 0 heterocycles. The first-order valence-electron chi connectivity index (χ1n) is 5.48. The lowest BCUT2D eigenvalue weighted by atomic mass is 10.2. The Labute approximate surface area is 119 Å². The van der Waals surface area contributed by atoms with Crippen molar-refractivity contribution in [2.24, 2.45) is 0 Å². The van der Waals surface area contributed by atoms with Crippen molar-refractivity contribution in [3.8, 4) is 0 Å². The van der Waals surface area contributed by atoms with Gasteiger partial charge in [-0.15, -0.1) is 0 Å². The minimum atomic E-state index is -0.966. The van der Waals surface area contributed by atoms with Crippen LogP contribution in [0, 0.1) is 0 Å². The maximum atomic E-state index is 12.0. The standard InChI is InChI=1S/C14H12Cl2OS/c15-13-7-6-12(14(16)8-13)10-18(17)9-11-4-2-1-3-5-11/h1-8H,9-10H2/t18-/m0/s1. The van der Waals surface area contributed by atoms with Crippen LogP contribution >= 0.6 is 23.2 Å². The van der Waals surface area contributed by atoms with E-state index in [-0.39, 0.29) is 0 Å². The van der Waals surface area contributed by atoms with Crippen LogP contribution in [-0.2, 0) is 22.3 Å². The Morgan fingerprint density at radius 3 is 2.33 bits per heavy atom. The van der Waals surface area contributed by atoms with Gasteiger partial charge in [-0.1, -0.05) is 59.6 Å². The minimum Gasteiger partial charge on any atom is -0.259 e. The lowest BCUT2D eigenvalue weighted by Crippen LogP contribution is -2.00. The maximum Gasteiger partial charge on any atom is 0.0503 e. The Balaban J connectivity index is 2.03. The van der Waals surface area contributed by atoms with Gasteiger partial charge < -0.3 is 0 Å². The molecule has 0 bridgehead atoms. The molecule has 18 heavy (non-hydrogen) atoms. The van der Waals surface area contributed by atoms with Gasteiger partial charge in [-0.05, 0) is 23.3 Å². The van der Waals surface area contributed by atoms with Gasteiger partial charge in [0, 0.05) is 26.6 Å². The summed E-state index contributed by atoms with van der Waals surface area (Å²) in [6.45, 7) is 0. The van der Waals surface area contributed by atoms with Crippen LogP contribution in [0.2, 0.25) is 10.0 Å². The average molecular weight is 299 g/mol. The van der Waals surface area contributed by atoms with Gasteiger partial charge in [0.2, 0.25) is 0 Å². The quantitative estimate of drug-likeness (QED) is 0.815. The third-order valence-electron chi connectivity index (χ3n) is 2.50. The van der Waals surface area contributed by atoms with E-state index in [1.165, 1.54) is 0 Å². The number of hydrogen-bond donors (Lipinski definition) is 0. The molecule has 1 atom stereocenters. The summed E-state index contributed by atoms with van der Waals surface area (Å²) >= 11 is 11.9. The smallest absolute Gasteiger partial charge is 0.0503 e. The number of rotatable bonds is 4. The second kappa shape index (κ2) is 6.37. The largest absolute Gasteiger partial charge is 0.259 e. The van der Waals surface area contributed by atoms with Crippen LogP contribution in [0.5, 0.6) is 0 Å². The van der Waals surface area contributed by atoms with Gasteiger partial charge in [0.15, 0.2) is 0 Å². The fourth-order valence-corrected chi connectivity index (χ4v) is 3.44. The SMILES string of the molecule is O=[S@@](Cc1ccccc1)Cc1ccc(Cl)cc1Cl. The molecule has 2 rings (SSSR count). The molecule has 0 amide bonds. The van der Waals surface area contributed by atoms with E-state index in [0.717, 1.165) is 11.1 Å². The summed E-state index contributed by atoms with van der Waals surface area (Å²) < 4.78 is 12.0. The molecule has 0 unspecified atom stereocenters. The van der Waals surface area contributed by atoms with Crippen LogP contribution in [0.4, 0.5) is 0 Å². The van der Waals surface area contributed by atoms with Crippen molar-refractivity contribution in [2.75, 3.05) is 0 Å². The summed E-state index contributed by atoms with van der Waals surface area (Å²) in [6.07, 6.45) is 0. The van der Waals surface area contributed by atoms with E-state index in [1.54, 1.807) is 12.1 Å². The van der Waals surface area contributed by atoms with Crippen LogP contribution in [0.1, 0.15) is 11.1 Å². The molecule has 0 spiro atoms. The van der Waals surface area contributed by atoms with Crippen LogP contribution < -0.4 is 0 Å². The summed E-state index contributed by atoms with van der Waals surface area (Å²) in [6, 6.07) is 15.1. The van der Waals surface area contributed by atoms with E-state index in [2.05, 4.69) is 0 Å². The minimum absolute atomic E-state index is 0.449. The maximum absolute atomic E-state index is 12.0. The van der Waals surface area contributed by atoms with E-state index in [1.807, 2.05) is 36.4 Å². The van der Waals surface area contributed by atoms with Gasteiger partial charge in [0.05, 0.1) is 5.75 Å². The second-order valence-corrected chi connectivity index (χ2v) is 6.25. The lowest BCUT2D eigenvalue weighted by Gasteiger charge is -2.05. The molecule has 0 radical (unpaired) electrons. The average Bonchev–Trinajstić information content (AvgIpc) is 2.34. The third-order valence-corrected chi connectivity index (χ3v) is 4.38. The molecule has 0 aliphatic heterocycles. The summed E-state index contributed by atoms with van der Waals surface area (Å²) in [5, 5.41) is 1.17. The molecular weight excluding hydrogens is 287 g/mol. The van der Waals surface area contributed by atoms with Gasteiger partial charge >= 0.3 is 0 Å². The van der Waals surface area contributed by atoms with Gasteiger partial charge in [0.25, 0.3) is 0 Å². The van der Waals surface area contributed by atoms with Gasteiger partial charge in [-0.25, -0.2) is 0 Å². The molecule has 0 aromatic heterocycles. The second-order valence-electron chi connectivity index (χ2n) is 3.95. The van der Waals surface area contributed by atoms with Crippen LogP contribution in [0.25, 0.3) is 0 Å². The van der Waals surface area contributed by atoms with Crippen LogP contribution in [-0.4, -0.2) is 4.21 Å². The van der Waals surface area contributed by atoms with Crippen molar-refractivity contribution in [1.82, 2.24) is 0 Å². The number of hydrogen-bond acceptors (Lipinski definition) is 1. The molecule has 0 saturated carbocycles. The zero-order valence-electron chi connectivity index (χ0n) is 9.61. The van der Waals surface area contributed by atoms with Crippen molar-refractivity contribution in [3.63, 3.8) is 0 Å². The highest BCUT2D eigenvalue weighted by Crippen LogP contribution is 2.22. The van der Waals surface area contributed by atoms with Crippen LogP contribution in [0.15, 0.2) is 48.5 Å². The fraction of sp³-hybridized carbons (Fsp3) is 0.143. The van der Waals surface area contributed by atoms with Gasteiger partial charge in [-0.2, -0.15) is 0 Å². The number of benzene rings is 2. The summed E-state index contributed by atoms with van der Waals surface area (Å²) in [5.74, 6) is 0.991. The molecule has 0 fully saturated rings. The molecule has 0 aliphatic carbocycles. The lowest BCUT2D eigenvalue weighted by molar-refractivity contribution is 0.682. The monoisotopic (exact) mass is 298 g/mol. The van der Waals surface area contributed by atoms with Crippen LogP contribution in [0.3, 0.4) is 0 Å². The zero-order chi connectivity index (χ0) is 13.0. The normalized spacial score (nSPS) is 12.3. The van der Waals surface area contributed by atoms with Crippen molar-refractivity contribution in [3.05, 3.63) is 69.7 Å². The van der Waals surface area contributed by atoms with Crippen molar-refractivity contribution in [1.29, 1.82) is 0 Å². The van der Waals surface area contributed by atoms with Gasteiger partial charge in [0.1, 0.15) is 0 Å². The molecular formula is C14H12Cl2OS. The Bertz CT molecular complexity index is 555. The molecule has 0 saturated heterocycles. The summed E-state index contributed by atoms with van der Waals surface area (Å²) in [7, 11) is -0.966. The predicted octanol–water partition coefficient (Wildman–Crippen LogP) is 4.44. The molecule has 94 valence electrons. The molecule has 0 aliphatic rings. The van der Waals surface area contributed by atoms with Crippen molar-refractivity contribution in [2.45, 2.75) is 11.5 Å². The molecule has 4 heteroatoms. The Morgan fingerprint density at radius 1 is 0.944 bits per heavy atom. The topological polar surface area (TPSA) is 17.1 Å². The van der Waals surface area contributed by atoms with E-state index >= 15 is 0 Å². The van der Waals surface area contributed by atoms with E-state index < -0.39 is 10.8 Å². The van der Waals surface area contributed by atoms with E-state index in [0.29, 0.717) is 21.6 Å². The first-order valence-corrected chi connectivity index (χ1v) is 7.72. The molecule has 2 aromatic rings. The first-order chi connectivity index (χ1) is 8.65. The first kappa shape index (κ1) is 13.6. The highest BCUT2D eigenvalue weighted by Gasteiger charge is 2.07. The Hall–Kier alpha value is -0.830. The molecule has 1 nitrogen and oxygen atoms in total. The van der Waals surface area contributed by atoms with E-state index in [9.17, 15) is 4.21 Å². The summed E-state index contributed by atoms with van der Waals surface area (Å²) in [5.41, 5.74) is 1.94. The van der Waals surface area contributed by atoms with Gasteiger partial charge in [-0.3, -0.25) is 4.21 Å². The third kappa shape index (κ3) is 3.84. The Morgan fingerprint density at radius 2 is 1.67 bits per heavy atom. The fourth-order valence-electron chi connectivity index (χ4n) is 1.62. The number of halogens is 2. The molecule has 0 N–H and O–H groups in total. The Kier molecular flexibility index (Phi) is 4.81. The molecule has 2 aromatic carbocycles. The van der Waals surface area contributed by atoms with Crippen molar-refractivity contribution >= 4 is 34.0 Å². The zero-order valence-corrected chi connectivity index (χ0v) is 11.9. The summed E-state index contributed by atoms with van der Waals surface area (Å²) in [4.78, 5) is 0. The highest BCUT2D eigenvalue weighted by atomic mass is 35.5.